The Bertz CT molecular complexity index is 1010. The molecule has 1 aliphatic carbocycles. The molecule has 0 aliphatic heterocycles. The summed E-state index contributed by atoms with van der Waals surface area (Å²) in [5.74, 6) is 1.22. The number of hydrogen-bond donors (Lipinski definition) is 1. The first-order valence-electron chi connectivity index (χ1n) is 9.29. The lowest BCUT2D eigenvalue weighted by molar-refractivity contribution is -0.106. The van der Waals surface area contributed by atoms with Gasteiger partial charge in [-0.05, 0) is 55.0 Å². The summed E-state index contributed by atoms with van der Waals surface area (Å²) in [6.45, 7) is 2.00. The second-order valence-electron chi connectivity index (χ2n) is 6.92. The number of amides is 1. The number of aryl methyl sites for hydroxylation is 1. The SMILES string of the molecule is CN=C(Nc1cnoc1)c1ccc(C2CC2)cc1N(C=O)c1ccccc1C. The first-order chi connectivity index (χ1) is 13.7. The molecule has 0 spiro atoms. The highest BCUT2D eigenvalue weighted by molar-refractivity contribution is 6.13. The summed E-state index contributed by atoms with van der Waals surface area (Å²) in [7, 11) is 1.72. The molecule has 6 nitrogen and oxygen atoms in total. The van der Waals surface area contributed by atoms with E-state index in [1.807, 2.05) is 37.3 Å². The molecular formula is C22H22N4O2. The van der Waals surface area contributed by atoms with Gasteiger partial charge in [0, 0.05) is 12.6 Å². The molecule has 1 saturated carbocycles. The van der Waals surface area contributed by atoms with Crippen molar-refractivity contribution < 1.29 is 9.32 Å². The van der Waals surface area contributed by atoms with E-state index in [2.05, 4.69) is 27.6 Å². The first kappa shape index (κ1) is 18.0. The molecule has 0 saturated heterocycles. The van der Waals surface area contributed by atoms with Crippen molar-refractivity contribution in [2.45, 2.75) is 25.7 Å². The van der Waals surface area contributed by atoms with E-state index in [9.17, 15) is 4.79 Å². The van der Waals surface area contributed by atoms with Crippen LogP contribution in [0.1, 0.15) is 35.4 Å². The number of hydrogen-bond acceptors (Lipinski definition) is 4. The molecule has 0 radical (unpaired) electrons. The van der Waals surface area contributed by atoms with Gasteiger partial charge in [-0.2, -0.15) is 0 Å². The third-order valence-corrected chi connectivity index (χ3v) is 4.98. The Morgan fingerprint density at radius 2 is 2.07 bits per heavy atom. The lowest BCUT2D eigenvalue weighted by Crippen LogP contribution is -2.22. The highest BCUT2D eigenvalue weighted by Gasteiger charge is 2.26. The minimum Gasteiger partial charge on any atom is -0.363 e. The van der Waals surface area contributed by atoms with Gasteiger partial charge < -0.3 is 9.84 Å². The molecule has 4 rings (SSSR count). The summed E-state index contributed by atoms with van der Waals surface area (Å²) < 4.78 is 4.90. The Morgan fingerprint density at radius 1 is 1.25 bits per heavy atom. The van der Waals surface area contributed by atoms with Gasteiger partial charge in [-0.3, -0.25) is 14.7 Å². The molecule has 2 aromatic carbocycles. The van der Waals surface area contributed by atoms with Crippen LogP contribution in [0.25, 0.3) is 0 Å². The smallest absolute Gasteiger partial charge is 0.218 e. The number of rotatable bonds is 6. The molecule has 3 aromatic rings. The van der Waals surface area contributed by atoms with Crippen LogP contribution in [0.5, 0.6) is 0 Å². The van der Waals surface area contributed by atoms with E-state index in [0.717, 1.165) is 28.9 Å². The number of amidine groups is 1. The van der Waals surface area contributed by atoms with E-state index in [1.165, 1.54) is 24.7 Å². The minimum absolute atomic E-state index is 0.575. The predicted molar refractivity (Wildman–Crippen MR) is 110 cm³/mol. The van der Waals surface area contributed by atoms with Crippen LogP contribution in [0.4, 0.5) is 17.1 Å². The van der Waals surface area contributed by atoms with Gasteiger partial charge >= 0.3 is 0 Å². The monoisotopic (exact) mass is 374 g/mol. The molecule has 0 unspecified atom stereocenters. The van der Waals surface area contributed by atoms with Crippen molar-refractivity contribution in [2.24, 2.45) is 4.99 Å². The Balaban J connectivity index is 1.82. The van der Waals surface area contributed by atoms with Gasteiger partial charge in [-0.25, -0.2) is 0 Å². The van der Waals surface area contributed by atoms with Crippen molar-refractivity contribution in [1.82, 2.24) is 5.16 Å². The van der Waals surface area contributed by atoms with Crippen molar-refractivity contribution in [1.29, 1.82) is 0 Å². The van der Waals surface area contributed by atoms with Crippen molar-refractivity contribution in [3.8, 4) is 0 Å². The average Bonchev–Trinajstić information content (AvgIpc) is 3.45. The van der Waals surface area contributed by atoms with Gasteiger partial charge in [0.2, 0.25) is 6.41 Å². The predicted octanol–water partition coefficient (Wildman–Crippen LogP) is 4.64. The zero-order chi connectivity index (χ0) is 19.5. The quantitative estimate of drug-likeness (QED) is 0.387. The Labute approximate surface area is 163 Å². The zero-order valence-electron chi connectivity index (χ0n) is 15.9. The lowest BCUT2D eigenvalue weighted by atomic mass is 10.0. The van der Waals surface area contributed by atoms with Gasteiger partial charge in [0.1, 0.15) is 17.8 Å². The van der Waals surface area contributed by atoms with Crippen LogP contribution in [0.3, 0.4) is 0 Å². The van der Waals surface area contributed by atoms with Gasteiger partial charge in [0.05, 0.1) is 17.6 Å². The number of para-hydroxylation sites is 1. The van der Waals surface area contributed by atoms with E-state index in [-0.39, 0.29) is 0 Å². The van der Waals surface area contributed by atoms with Crippen LogP contribution in [0.15, 0.2) is 64.4 Å². The van der Waals surface area contributed by atoms with E-state index in [1.54, 1.807) is 18.1 Å². The summed E-state index contributed by atoms with van der Waals surface area (Å²) in [5, 5.41) is 6.95. The number of nitrogens with zero attached hydrogens (tertiary/aromatic N) is 3. The second-order valence-corrected chi connectivity index (χ2v) is 6.92. The molecular weight excluding hydrogens is 352 g/mol. The van der Waals surface area contributed by atoms with Gasteiger partial charge in [0.25, 0.3) is 0 Å². The van der Waals surface area contributed by atoms with Crippen LogP contribution in [0, 0.1) is 6.92 Å². The Kier molecular flexibility index (Phi) is 4.93. The summed E-state index contributed by atoms with van der Waals surface area (Å²) in [4.78, 5) is 18.3. The molecule has 1 aliphatic rings. The third kappa shape index (κ3) is 3.53. The molecule has 142 valence electrons. The van der Waals surface area contributed by atoms with Gasteiger partial charge in [0.15, 0.2) is 0 Å². The van der Waals surface area contributed by atoms with Crippen molar-refractivity contribution >= 4 is 29.3 Å². The van der Waals surface area contributed by atoms with Crippen LogP contribution in [-0.4, -0.2) is 24.5 Å². The molecule has 0 bridgehead atoms. The first-order valence-corrected chi connectivity index (χ1v) is 9.29. The normalized spacial score (nSPS) is 14.0. The maximum absolute atomic E-state index is 12.2. The summed E-state index contributed by atoms with van der Waals surface area (Å²) in [6, 6.07) is 14.1. The summed E-state index contributed by atoms with van der Waals surface area (Å²) in [6.07, 6.45) is 6.35. The summed E-state index contributed by atoms with van der Waals surface area (Å²) in [5.41, 5.74) is 5.47. The van der Waals surface area contributed by atoms with E-state index >= 15 is 0 Å². The molecule has 1 aromatic heterocycles. The van der Waals surface area contributed by atoms with Crippen molar-refractivity contribution in [3.05, 3.63) is 71.6 Å². The highest BCUT2D eigenvalue weighted by Crippen LogP contribution is 2.42. The fraction of sp³-hybridized carbons (Fsp3) is 0.227. The van der Waals surface area contributed by atoms with E-state index < -0.39 is 0 Å². The largest absolute Gasteiger partial charge is 0.363 e. The topological polar surface area (TPSA) is 70.7 Å². The standard InChI is InChI=1S/C22H22N4O2/c1-15-5-3-4-6-20(15)26(14-27)21-11-17(16-7-8-16)9-10-19(21)22(23-2)25-18-12-24-28-13-18/h3-6,9-14,16H,7-8H2,1-2H3,(H,23,25). The number of benzene rings is 2. The number of nitrogens with one attached hydrogen (secondary N) is 1. The molecule has 1 fully saturated rings. The average molecular weight is 374 g/mol. The van der Waals surface area contributed by atoms with E-state index in [0.29, 0.717) is 17.4 Å². The van der Waals surface area contributed by atoms with E-state index in [4.69, 9.17) is 4.52 Å². The maximum atomic E-state index is 12.2. The number of carbonyl (C=O) groups excluding carboxylic acids is 1. The lowest BCUT2D eigenvalue weighted by Gasteiger charge is -2.24. The minimum atomic E-state index is 0.575. The number of aromatic nitrogens is 1. The molecule has 1 N–H and O–H groups in total. The molecule has 1 heterocycles. The van der Waals surface area contributed by atoms with Crippen LogP contribution >= 0.6 is 0 Å². The Morgan fingerprint density at radius 3 is 2.71 bits per heavy atom. The molecule has 1 amide bonds. The molecule has 6 heteroatoms. The number of aliphatic imine (C=N–C) groups is 1. The van der Waals surface area contributed by atoms with Crippen LogP contribution in [0.2, 0.25) is 0 Å². The highest BCUT2D eigenvalue weighted by atomic mass is 16.5. The Hall–Kier alpha value is -3.41. The molecule has 28 heavy (non-hydrogen) atoms. The molecule has 0 atom stereocenters. The van der Waals surface area contributed by atoms with Crippen molar-refractivity contribution in [2.75, 3.05) is 17.3 Å². The number of anilines is 3. The fourth-order valence-electron chi connectivity index (χ4n) is 3.34. The fourth-order valence-corrected chi connectivity index (χ4v) is 3.34. The number of carbonyl (C=O) groups is 1. The van der Waals surface area contributed by atoms with Crippen LogP contribution < -0.4 is 10.2 Å². The van der Waals surface area contributed by atoms with Gasteiger partial charge in [-0.15, -0.1) is 0 Å². The third-order valence-electron chi connectivity index (χ3n) is 4.98. The second kappa shape index (κ2) is 7.68. The zero-order valence-corrected chi connectivity index (χ0v) is 15.9. The maximum Gasteiger partial charge on any atom is 0.218 e. The van der Waals surface area contributed by atoms with Crippen LogP contribution in [-0.2, 0) is 4.79 Å². The summed E-state index contributed by atoms with van der Waals surface area (Å²) >= 11 is 0. The van der Waals surface area contributed by atoms with Crippen molar-refractivity contribution in [3.63, 3.8) is 0 Å². The van der Waals surface area contributed by atoms with Gasteiger partial charge in [-0.1, -0.05) is 29.4 Å².